The summed E-state index contributed by atoms with van der Waals surface area (Å²) < 4.78 is 24.9. The van der Waals surface area contributed by atoms with E-state index in [4.69, 9.17) is 12.2 Å². The van der Waals surface area contributed by atoms with Crippen molar-refractivity contribution in [2.45, 2.75) is 17.7 Å². The molecule has 0 N–H and O–H groups in total. The fourth-order valence-corrected chi connectivity index (χ4v) is 8.40. The molecule has 2 aliphatic heterocycles. The third-order valence-corrected chi connectivity index (χ3v) is 8.43. The molecule has 0 aromatic heterocycles. The number of anilines is 1. The fourth-order valence-electron chi connectivity index (χ4n) is 3.48. The van der Waals surface area contributed by atoms with Crippen LogP contribution in [0.1, 0.15) is 6.92 Å². The molecular formula is C16H15NO2S3. The van der Waals surface area contributed by atoms with Gasteiger partial charge in [-0.3, -0.25) is 0 Å². The van der Waals surface area contributed by atoms with E-state index in [1.807, 2.05) is 25.1 Å². The van der Waals surface area contributed by atoms with Gasteiger partial charge in [-0.1, -0.05) is 54.3 Å². The van der Waals surface area contributed by atoms with E-state index in [1.165, 1.54) is 17.1 Å². The van der Waals surface area contributed by atoms with Crippen molar-refractivity contribution in [3.63, 3.8) is 0 Å². The first-order chi connectivity index (χ1) is 10.4. The highest BCUT2D eigenvalue weighted by molar-refractivity contribution is 8.24. The molecule has 0 aliphatic carbocycles. The van der Waals surface area contributed by atoms with Crippen molar-refractivity contribution in [3.05, 3.63) is 42.5 Å². The third-order valence-electron chi connectivity index (χ3n) is 4.54. The first-order valence-corrected chi connectivity index (χ1v) is 10.2. The number of thioether (sulfide) groups is 1. The summed E-state index contributed by atoms with van der Waals surface area (Å²) in [4.78, 5) is 2.05. The Labute approximate surface area is 139 Å². The maximum Gasteiger partial charge on any atom is 0.153 e. The standard InChI is InChI=1S/C16H15NO2S3/c1-16-10-22(18,19)9-14(16)21-15(20)17(16)13-7-6-11-4-2-3-5-12(11)8-13/h2-8,14H,9-10H2,1H3/t14-,16-/m0/s1. The van der Waals surface area contributed by atoms with Gasteiger partial charge in [-0.2, -0.15) is 0 Å². The van der Waals surface area contributed by atoms with E-state index < -0.39 is 15.4 Å². The monoisotopic (exact) mass is 349 g/mol. The lowest BCUT2D eigenvalue weighted by Crippen LogP contribution is -2.49. The van der Waals surface area contributed by atoms with Gasteiger partial charge < -0.3 is 4.90 Å². The predicted octanol–water partition coefficient (Wildman–Crippen LogP) is 3.23. The van der Waals surface area contributed by atoms with Crippen molar-refractivity contribution < 1.29 is 8.42 Å². The van der Waals surface area contributed by atoms with Gasteiger partial charge in [0.05, 0.1) is 22.3 Å². The van der Waals surface area contributed by atoms with E-state index >= 15 is 0 Å². The molecule has 2 heterocycles. The number of fused-ring (bicyclic) bond motifs is 2. The Kier molecular flexibility index (Phi) is 3.09. The summed E-state index contributed by atoms with van der Waals surface area (Å²) in [5.41, 5.74) is 0.543. The van der Waals surface area contributed by atoms with Crippen LogP contribution in [0.2, 0.25) is 0 Å². The van der Waals surface area contributed by atoms with Crippen molar-refractivity contribution in [1.29, 1.82) is 0 Å². The Hall–Kier alpha value is -1.11. The molecule has 2 aromatic rings. The largest absolute Gasteiger partial charge is 0.319 e. The van der Waals surface area contributed by atoms with Crippen LogP contribution in [0.3, 0.4) is 0 Å². The average molecular weight is 350 g/mol. The van der Waals surface area contributed by atoms with Crippen molar-refractivity contribution in [3.8, 4) is 0 Å². The maximum absolute atomic E-state index is 12.1. The van der Waals surface area contributed by atoms with Gasteiger partial charge in [-0.25, -0.2) is 8.42 Å². The van der Waals surface area contributed by atoms with Gasteiger partial charge in [0.1, 0.15) is 4.32 Å². The quantitative estimate of drug-likeness (QED) is 0.739. The summed E-state index contributed by atoms with van der Waals surface area (Å²) in [5, 5.41) is 2.34. The van der Waals surface area contributed by atoms with Crippen molar-refractivity contribution in [2.75, 3.05) is 16.4 Å². The Balaban J connectivity index is 1.84. The zero-order valence-corrected chi connectivity index (χ0v) is 14.5. The normalized spacial score (nSPS) is 30.0. The summed E-state index contributed by atoms with van der Waals surface area (Å²) in [6.07, 6.45) is 0. The lowest BCUT2D eigenvalue weighted by atomic mass is 9.98. The van der Waals surface area contributed by atoms with Gasteiger partial charge in [-0.05, 0) is 29.8 Å². The highest BCUT2D eigenvalue weighted by Crippen LogP contribution is 2.48. The molecule has 0 saturated carbocycles. The smallest absolute Gasteiger partial charge is 0.153 e. The van der Waals surface area contributed by atoms with Gasteiger partial charge in [0, 0.05) is 5.69 Å². The Morgan fingerprint density at radius 2 is 1.95 bits per heavy atom. The number of nitrogens with zero attached hydrogens (tertiary/aromatic N) is 1. The summed E-state index contributed by atoms with van der Waals surface area (Å²) in [6.45, 7) is 2.02. The van der Waals surface area contributed by atoms with Crippen molar-refractivity contribution in [2.24, 2.45) is 0 Å². The average Bonchev–Trinajstić information content (AvgIpc) is 2.81. The molecule has 2 aliphatic rings. The SMILES string of the molecule is C[C@]12CS(=O)(=O)C[C@@H]1SC(=S)N2c1ccc2ccccc2c1. The van der Waals surface area contributed by atoms with E-state index in [2.05, 4.69) is 29.2 Å². The van der Waals surface area contributed by atoms with Crippen LogP contribution in [0.4, 0.5) is 5.69 Å². The van der Waals surface area contributed by atoms with Crippen molar-refractivity contribution in [1.82, 2.24) is 0 Å². The molecule has 2 fully saturated rings. The Bertz CT molecular complexity index is 893. The molecule has 0 unspecified atom stereocenters. The summed E-state index contributed by atoms with van der Waals surface area (Å²) >= 11 is 7.06. The second-order valence-corrected chi connectivity index (χ2v) is 10.1. The topological polar surface area (TPSA) is 37.4 Å². The van der Waals surface area contributed by atoms with Crippen LogP contribution in [0.5, 0.6) is 0 Å². The number of hydrogen-bond donors (Lipinski definition) is 0. The molecule has 2 atom stereocenters. The first-order valence-electron chi connectivity index (χ1n) is 7.09. The van der Waals surface area contributed by atoms with E-state index in [1.54, 1.807) is 0 Å². The Morgan fingerprint density at radius 1 is 1.23 bits per heavy atom. The highest BCUT2D eigenvalue weighted by atomic mass is 32.2. The van der Waals surface area contributed by atoms with E-state index in [-0.39, 0.29) is 16.8 Å². The molecule has 0 radical (unpaired) electrons. The lowest BCUT2D eigenvalue weighted by molar-refractivity contribution is 0.550. The predicted molar refractivity (Wildman–Crippen MR) is 97.5 cm³/mol. The van der Waals surface area contributed by atoms with Gasteiger partial charge in [0.25, 0.3) is 0 Å². The molecule has 0 bridgehead atoms. The van der Waals surface area contributed by atoms with Crippen LogP contribution in [-0.2, 0) is 9.84 Å². The van der Waals surface area contributed by atoms with Crippen molar-refractivity contribution >= 4 is 54.6 Å². The molecule has 6 heteroatoms. The zero-order valence-electron chi connectivity index (χ0n) is 12.0. The summed E-state index contributed by atoms with van der Waals surface area (Å²) in [6, 6.07) is 14.4. The molecule has 2 saturated heterocycles. The van der Waals surface area contributed by atoms with Crippen LogP contribution in [0.25, 0.3) is 10.8 Å². The minimum absolute atomic E-state index is 0.0245. The molecule has 2 aromatic carbocycles. The number of hydrogen-bond acceptors (Lipinski definition) is 4. The van der Waals surface area contributed by atoms with Gasteiger partial charge >= 0.3 is 0 Å². The highest BCUT2D eigenvalue weighted by Gasteiger charge is 2.57. The number of rotatable bonds is 1. The number of sulfone groups is 1. The second kappa shape index (κ2) is 4.69. The molecule has 0 amide bonds. The zero-order chi connectivity index (χ0) is 15.5. The lowest BCUT2D eigenvalue weighted by Gasteiger charge is -2.34. The minimum atomic E-state index is -2.99. The first kappa shape index (κ1) is 14.5. The van der Waals surface area contributed by atoms with E-state index in [0.717, 1.165) is 15.4 Å². The van der Waals surface area contributed by atoms with Gasteiger partial charge in [0.2, 0.25) is 0 Å². The maximum atomic E-state index is 12.1. The molecule has 22 heavy (non-hydrogen) atoms. The van der Waals surface area contributed by atoms with Crippen LogP contribution in [0.15, 0.2) is 42.5 Å². The molecule has 4 rings (SSSR count). The second-order valence-electron chi connectivity index (χ2n) is 6.15. The van der Waals surface area contributed by atoms with Crippen LogP contribution in [0, 0.1) is 0 Å². The molecule has 3 nitrogen and oxygen atoms in total. The van der Waals surface area contributed by atoms with Crippen LogP contribution >= 0.6 is 24.0 Å². The third kappa shape index (κ3) is 2.08. The summed E-state index contributed by atoms with van der Waals surface area (Å²) in [5.74, 6) is 0.392. The van der Waals surface area contributed by atoms with Crippen LogP contribution in [-0.4, -0.2) is 35.0 Å². The number of thiocarbonyl (C=S) groups is 1. The van der Waals surface area contributed by atoms with E-state index in [0.29, 0.717) is 0 Å². The van der Waals surface area contributed by atoms with E-state index in [9.17, 15) is 8.42 Å². The summed E-state index contributed by atoms with van der Waals surface area (Å²) in [7, 11) is -2.99. The van der Waals surface area contributed by atoms with Crippen LogP contribution < -0.4 is 4.90 Å². The molecule has 0 spiro atoms. The van der Waals surface area contributed by atoms with Gasteiger partial charge in [-0.15, -0.1) is 0 Å². The molecular weight excluding hydrogens is 334 g/mol. The Morgan fingerprint density at radius 3 is 2.73 bits per heavy atom. The fraction of sp³-hybridized carbons (Fsp3) is 0.312. The number of benzene rings is 2. The minimum Gasteiger partial charge on any atom is -0.319 e. The molecule has 114 valence electrons. The van der Waals surface area contributed by atoms with Gasteiger partial charge in [0.15, 0.2) is 9.84 Å².